The number of nitrogens with zero attached hydrogens (tertiary/aromatic N) is 1. The quantitative estimate of drug-likeness (QED) is 0.736. The molecule has 0 bridgehead atoms. The molecule has 0 amide bonds. The van der Waals surface area contributed by atoms with Gasteiger partial charge in [-0.1, -0.05) is 12.2 Å². The van der Waals surface area contributed by atoms with E-state index in [0.29, 0.717) is 6.54 Å². The maximum atomic E-state index is 5.62. The van der Waals surface area contributed by atoms with E-state index in [1.165, 1.54) is 0 Å². The van der Waals surface area contributed by atoms with Gasteiger partial charge in [-0.15, -0.1) is 0 Å². The highest BCUT2D eigenvalue weighted by atomic mass is 16.3. The smallest absolute Gasteiger partial charge is 0.118 e. The molecule has 0 aromatic carbocycles. The molecular formula is C11H16N2O. The van der Waals surface area contributed by atoms with Gasteiger partial charge in [0.05, 0.1) is 6.54 Å². The molecule has 14 heavy (non-hydrogen) atoms. The second kappa shape index (κ2) is 3.98. The lowest BCUT2D eigenvalue weighted by molar-refractivity contribution is 0.305. The molecule has 3 nitrogen and oxygen atoms in total. The lowest BCUT2D eigenvalue weighted by Crippen LogP contribution is -2.18. The summed E-state index contributed by atoms with van der Waals surface area (Å²) in [6, 6.07) is 2.06. The summed E-state index contributed by atoms with van der Waals surface area (Å²) in [6.07, 6.45) is 4.36. The molecule has 0 spiro atoms. The van der Waals surface area contributed by atoms with Crippen molar-refractivity contribution >= 4 is 0 Å². The van der Waals surface area contributed by atoms with Gasteiger partial charge in [-0.2, -0.15) is 0 Å². The molecule has 0 fully saturated rings. The number of furan rings is 1. The summed E-state index contributed by atoms with van der Waals surface area (Å²) in [5, 5.41) is 0. The van der Waals surface area contributed by atoms with Crippen molar-refractivity contribution in [3.8, 4) is 0 Å². The highest BCUT2D eigenvalue weighted by Gasteiger charge is 2.11. The van der Waals surface area contributed by atoms with Crippen LogP contribution in [0.25, 0.3) is 0 Å². The van der Waals surface area contributed by atoms with Crippen LogP contribution in [0, 0.1) is 6.92 Å². The van der Waals surface area contributed by atoms with Crippen molar-refractivity contribution in [2.45, 2.75) is 20.0 Å². The molecule has 0 unspecified atom stereocenters. The first-order valence-corrected chi connectivity index (χ1v) is 4.95. The minimum Gasteiger partial charge on any atom is -0.465 e. The summed E-state index contributed by atoms with van der Waals surface area (Å²) in [5.74, 6) is 1.97. The van der Waals surface area contributed by atoms with Crippen LogP contribution in [0.2, 0.25) is 0 Å². The van der Waals surface area contributed by atoms with E-state index < -0.39 is 0 Å². The van der Waals surface area contributed by atoms with Crippen LogP contribution in [0.15, 0.2) is 22.6 Å². The van der Waals surface area contributed by atoms with Gasteiger partial charge in [-0.25, -0.2) is 0 Å². The van der Waals surface area contributed by atoms with E-state index in [1.54, 1.807) is 0 Å². The fourth-order valence-electron chi connectivity index (χ4n) is 1.74. The molecule has 1 aromatic heterocycles. The third-order valence-electron chi connectivity index (χ3n) is 2.56. The molecule has 0 saturated heterocycles. The highest BCUT2D eigenvalue weighted by molar-refractivity contribution is 5.20. The zero-order chi connectivity index (χ0) is 9.97. The van der Waals surface area contributed by atoms with Gasteiger partial charge < -0.3 is 10.2 Å². The Balaban J connectivity index is 2.02. The lowest BCUT2D eigenvalue weighted by Gasteiger charge is -2.11. The zero-order valence-electron chi connectivity index (χ0n) is 8.49. The van der Waals surface area contributed by atoms with Crippen LogP contribution >= 0.6 is 0 Å². The van der Waals surface area contributed by atoms with Gasteiger partial charge in [0.25, 0.3) is 0 Å². The Labute approximate surface area is 84.2 Å². The molecule has 1 aliphatic rings. The molecule has 1 aromatic rings. The lowest BCUT2D eigenvalue weighted by atomic mass is 10.2. The molecule has 1 aliphatic heterocycles. The SMILES string of the molecule is Cc1oc(CN2CC=CC2)cc1CN. The average molecular weight is 192 g/mol. The fraction of sp³-hybridized carbons (Fsp3) is 0.455. The Morgan fingerprint density at radius 1 is 1.43 bits per heavy atom. The molecule has 0 radical (unpaired) electrons. The van der Waals surface area contributed by atoms with Crippen molar-refractivity contribution in [1.82, 2.24) is 4.90 Å². The van der Waals surface area contributed by atoms with Crippen molar-refractivity contribution < 1.29 is 4.42 Å². The minimum atomic E-state index is 0.563. The van der Waals surface area contributed by atoms with Crippen LogP contribution in [0.4, 0.5) is 0 Å². The van der Waals surface area contributed by atoms with Crippen LogP contribution in [-0.4, -0.2) is 18.0 Å². The van der Waals surface area contributed by atoms with Gasteiger partial charge in [0.2, 0.25) is 0 Å². The first-order chi connectivity index (χ1) is 6.79. The Morgan fingerprint density at radius 2 is 2.14 bits per heavy atom. The number of hydrogen-bond acceptors (Lipinski definition) is 3. The highest BCUT2D eigenvalue weighted by Crippen LogP contribution is 2.16. The molecule has 2 heterocycles. The monoisotopic (exact) mass is 192 g/mol. The Morgan fingerprint density at radius 3 is 2.71 bits per heavy atom. The standard InChI is InChI=1S/C11H16N2O/c1-9-10(7-12)6-11(14-9)8-13-4-2-3-5-13/h2-3,6H,4-5,7-8,12H2,1H3. The fourth-order valence-corrected chi connectivity index (χ4v) is 1.74. The molecular weight excluding hydrogens is 176 g/mol. The van der Waals surface area contributed by atoms with Gasteiger partial charge in [-0.3, -0.25) is 4.90 Å². The van der Waals surface area contributed by atoms with Crippen molar-refractivity contribution in [2.24, 2.45) is 5.73 Å². The largest absolute Gasteiger partial charge is 0.465 e. The molecule has 2 N–H and O–H groups in total. The van der Waals surface area contributed by atoms with Crippen LogP contribution in [0.5, 0.6) is 0 Å². The van der Waals surface area contributed by atoms with Crippen LogP contribution < -0.4 is 5.73 Å². The van der Waals surface area contributed by atoms with Crippen molar-refractivity contribution in [2.75, 3.05) is 13.1 Å². The van der Waals surface area contributed by atoms with E-state index >= 15 is 0 Å². The minimum absolute atomic E-state index is 0.563. The third-order valence-corrected chi connectivity index (χ3v) is 2.56. The predicted octanol–water partition coefficient (Wildman–Crippen LogP) is 1.42. The second-order valence-corrected chi connectivity index (χ2v) is 3.66. The van der Waals surface area contributed by atoms with Gasteiger partial charge in [0.15, 0.2) is 0 Å². The number of hydrogen-bond donors (Lipinski definition) is 1. The van der Waals surface area contributed by atoms with E-state index in [0.717, 1.165) is 36.7 Å². The number of rotatable bonds is 3. The topological polar surface area (TPSA) is 42.4 Å². The van der Waals surface area contributed by atoms with Gasteiger partial charge in [0, 0.05) is 25.2 Å². The van der Waals surface area contributed by atoms with E-state index in [-0.39, 0.29) is 0 Å². The average Bonchev–Trinajstić information content (AvgIpc) is 2.76. The van der Waals surface area contributed by atoms with Crippen molar-refractivity contribution in [3.63, 3.8) is 0 Å². The Kier molecular flexibility index (Phi) is 2.70. The third kappa shape index (κ3) is 1.89. The van der Waals surface area contributed by atoms with Gasteiger partial charge in [-0.05, 0) is 13.0 Å². The summed E-state index contributed by atoms with van der Waals surface area (Å²) in [4.78, 5) is 2.32. The molecule has 3 heteroatoms. The van der Waals surface area contributed by atoms with E-state index in [4.69, 9.17) is 10.2 Å². The zero-order valence-corrected chi connectivity index (χ0v) is 8.49. The summed E-state index contributed by atoms with van der Waals surface area (Å²) < 4.78 is 5.62. The molecule has 0 atom stereocenters. The molecule has 2 rings (SSSR count). The van der Waals surface area contributed by atoms with Crippen LogP contribution in [0.1, 0.15) is 17.1 Å². The molecule has 0 saturated carbocycles. The van der Waals surface area contributed by atoms with Crippen molar-refractivity contribution in [3.05, 3.63) is 35.3 Å². The van der Waals surface area contributed by atoms with Gasteiger partial charge in [0.1, 0.15) is 11.5 Å². The maximum absolute atomic E-state index is 5.62. The van der Waals surface area contributed by atoms with Crippen LogP contribution in [0.3, 0.4) is 0 Å². The Bertz CT molecular complexity index is 333. The first kappa shape index (κ1) is 9.49. The number of nitrogens with two attached hydrogens (primary N) is 1. The first-order valence-electron chi connectivity index (χ1n) is 4.95. The molecule has 0 aliphatic carbocycles. The summed E-state index contributed by atoms with van der Waals surface area (Å²) >= 11 is 0. The summed E-state index contributed by atoms with van der Waals surface area (Å²) in [7, 11) is 0. The van der Waals surface area contributed by atoms with E-state index in [1.807, 2.05) is 6.92 Å². The summed E-state index contributed by atoms with van der Waals surface area (Å²) in [5.41, 5.74) is 6.70. The van der Waals surface area contributed by atoms with Gasteiger partial charge >= 0.3 is 0 Å². The Hall–Kier alpha value is -1.06. The van der Waals surface area contributed by atoms with Crippen molar-refractivity contribution in [1.29, 1.82) is 0 Å². The van der Waals surface area contributed by atoms with E-state index in [2.05, 4.69) is 23.1 Å². The second-order valence-electron chi connectivity index (χ2n) is 3.66. The van der Waals surface area contributed by atoms with Crippen LogP contribution in [-0.2, 0) is 13.1 Å². The van der Waals surface area contributed by atoms with E-state index in [9.17, 15) is 0 Å². The summed E-state index contributed by atoms with van der Waals surface area (Å²) in [6.45, 7) is 5.46. The normalized spacial score (nSPS) is 16.7. The maximum Gasteiger partial charge on any atom is 0.118 e. The molecule has 76 valence electrons. The predicted molar refractivity (Wildman–Crippen MR) is 55.8 cm³/mol. The number of aryl methyl sites for hydroxylation is 1.